The van der Waals surface area contributed by atoms with E-state index in [9.17, 15) is 44.4 Å². The van der Waals surface area contributed by atoms with Gasteiger partial charge in [0.05, 0.1) is 6.10 Å². The number of esters is 1. The monoisotopic (exact) mass is 996 g/mol. The first-order valence-electron chi connectivity index (χ1n) is 26.1. The summed E-state index contributed by atoms with van der Waals surface area (Å²) in [7, 11) is 1.38. The number of ether oxygens (including phenoxy) is 3. The number of allylic oxidation sites excluding steroid dienone is 6. The number of H-pyrrole nitrogens is 1. The molecule has 0 radical (unpaired) electrons. The van der Waals surface area contributed by atoms with Crippen LogP contribution < -0.4 is 0 Å². The Labute approximate surface area is 421 Å². The van der Waals surface area contributed by atoms with Crippen molar-refractivity contribution in [2.75, 3.05) is 26.9 Å². The van der Waals surface area contributed by atoms with Gasteiger partial charge in [-0.15, -0.1) is 10.2 Å². The van der Waals surface area contributed by atoms with Crippen LogP contribution in [-0.4, -0.2) is 138 Å². The van der Waals surface area contributed by atoms with E-state index >= 15 is 0 Å². The number of amides is 1. The number of rotatable bonds is 6. The first-order valence-corrected chi connectivity index (χ1v) is 26.1. The first kappa shape index (κ1) is 59.3. The number of cyclic esters (lactones) is 1. The lowest BCUT2D eigenvalue weighted by molar-refractivity contribution is -0.241. The molecule has 1 amide bonds. The van der Waals surface area contributed by atoms with E-state index in [2.05, 4.69) is 27.5 Å². The Bertz CT molecular complexity index is 1970. The zero-order chi connectivity index (χ0) is 52.4. The van der Waals surface area contributed by atoms with Crippen LogP contribution in [0.4, 0.5) is 0 Å². The van der Waals surface area contributed by atoms with Crippen LogP contribution >= 0.6 is 0 Å². The number of nitrogens with zero attached hydrogens (tertiary/aromatic N) is 4. The molecule has 17 nitrogen and oxygen atoms in total. The van der Waals surface area contributed by atoms with Gasteiger partial charge in [0, 0.05) is 57.0 Å². The zero-order valence-electron chi connectivity index (χ0n) is 43.8. The molecular weight excluding hydrogens is 911 g/mol. The zero-order valence-corrected chi connectivity index (χ0v) is 43.8. The second-order valence-corrected chi connectivity index (χ2v) is 21.2. The Morgan fingerprint density at radius 3 is 2.30 bits per heavy atom. The van der Waals surface area contributed by atoms with E-state index in [0.29, 0.717) is 62.9 Å². The topological polar surface area (TPSA) is 252 Å². The number of aromatic amines is 1. The van der Waals surface area contributed by atoms with Crippen LogP contribution in [0.15, 0.2) is 53.9 Å². The molecule has 2 bridgehead atoms. The van der Waals surface area contributed by atoms with Crippen LogP contribution in [0, 0.1) is 53.3 Å². The van der Waals surface area contributed by atoms with E-state index in [1.54, 1.807) is 26.8 Å². The third-order valence-corrected chi connectivity index (χ3v) is 15.7. The summed E-state index contributed by atoms with van der Waals surface area (Å²) in [6.07, 6.45) is 15.3. The number of nitrogens with one attached hydrogen (secondary N) is 1. The number of aromatic nitrogens is 4. The molecule has 0 aromatic carbocycles. The van der Waals surface area contributed by atoms with Crippen LogP contribution in [0.3, 0.4) is 0 Å². The average Bonchev–Trinajstić information content (AvgIpc) is 3.91. The van der Waals surface area contributed by atoms with E-state index in [0.717, 1.165) is 24.8 Å². The number of aliphatic hydroxyl groups is 4. The predicted octanol–water partition coefficient (Wildman–Crippen LogP) is 6.23. The van der Waals surface area contributed by atoms with E-state index < -0.39 is 71.7 Å². The normalized spacial score (nSPS) is 37.9. The molecular formula is C54H85N5O12. The van der Waals surface area contributed by atoms with Gasteiger partial charge in [0.25, 0.3) is 11.7 Å². The number of methoxy groups -OCH3 is 1. The van der Waals surface area contributed by atoms with Crippen molar-refractivity contribution in [1.29, 1.82) is 0 Å². The summed E-state index contributed by atoms with van der Waals surface area (Å²) in [5.41, 5.74) is 1.26. The SMILES string of the molecule is CO[C@H]1C(=O)[C@@H](C)C[C@H](C)/C=C/C=C/C=C(\C)[C@@H](CO)C[C@@H]2CCC[C@@H](C)[C@@](O)(O2)C(=O)C(=O)N2CCCC[C@H]2C(=O)O[C@H]([C@H](C)C[C@@H]2CC[C@H](C)[C@H](CO)C2)CC(=O)[C@H](C)/C=C(\C)[C@H]1O.c1nn[nH]n1. The number of Topliss-reactive ketones (excluding diaryl/α,β-unsaturated/α-hetero) is 3. The number of ketones is 3. The summed E-state index contributed by atoms with van der Waals surface area (Å²) in [5, 5.41) is 56.3. The molecule has 17 heteroatoms. The van der Waals surface area contributed by atoms with Gasteiger partial charge < -0.3 is 39.5 Å². The highest BCUT2D eigenvalue weighted by Crippen LogP contribution is 2.39. The molecule has 5 N–H and O–H groups in total. The van der Waals surface area contributed by atoms with Gasteiger partial charge in [-0.3, -0.25) is 19.2 Å². The number of carbonyl (C=O) groups is 5. The summed E-state index contributed by atoms with van der Waals surface area (Å²) in [6, 6.07) is -1.14. The minimum Gasteiger partial charge on any atom is -0.460 e. The van der Waals surface area contributed by atoms with Crippen molar-refractivity contribution < 1.29 is 58.6 Å². The summed E-state index contributed by atoms with van der Waals surface area (Å²) >= 11 is 0. The van der Waals surface area contributed by atoms with Gasteiger partial charge >= 0.3 is 5.97 Å². The lowest BCUT2D eigenvalue weighted by Gasteiger charge is -2.39. The molecule has 398 valence electrons. The summed E-state index contributed by atoms with van der Waals surface area (Å²) < 4.78 is 18.1. The molecule has 1 aromatic heterocycles. The number of hydrogen-bond acceptors (Lipinski definition) is 15. The Hall–Kier alpha value is -4.26. The number of aliphatic hydroxyl groups excluding tert-OH is 3. The van der Waals surface area contributed by atoms with Gasteiger partial charge in [-0.2, -0.15) is 5.21 Å². The van der Waals surface area contributed by atoms with Crippen LogP contribution in [0.2, 0.25) is 0 Å². The quantitative estimate of drug-likeness (QED) is 0.120. The molecule has 1 aliphatic carbocycles. The lowest BCUT2D eigenvalue weighted by atomic mass is 9.72. The van der Waals surface area contributed by atoms with Crippen molar-refractivity contribution in [3.63, 3.8) is 0 Å². The van der Waals surface area contributed by atoms with Crippen LogP contribution in [0.1, 0.15) is 139 Å². The molecule has 5 rings (SSSR count). The highest BCUT2D eigenvalue weighted by atomic mass is 16.6. The van der Waals surface area contributed by atoms with E-state index in [1.807, 2.05) is 58.1 Å². The molecule has 0 unspecified atom stereocenters. The second-order valence-electron chi connectivity index (χ2n) is 21.2. The largest absolute Gasteiger partial charge is 0.460 e. The fourth-order valence-electron chi connectivity index (χ4n) is 10.8. The van der Waals surface area contributed by atoms with Crippen molar-refractivity contribution in [3.8, 4) is 0 Å². The van der Waals surface area contributed by atoms with Gasteiger partial charge in [-0.25, -0.2) is 4.79 Å². The van der Waals surface area contributed by atoms with Gasteiger partial charge in [0.15, 0.2) is 12.1 Å². The Morgan fingerprint density at radius 1 is 0.901 bits per heavy atom. The van der Waals surface area contributed by atoms with E-state index in [1.165, 1.54) is 18.3 Å². The number of hydrogen-bond donors (Lipinski definition) is 5. The first-order chi connectivity index (χ1) is 33.7. The molecule has 4 aliphatic rings. The third-order valence-electron chi connectivity index (χ3n) is 15.7. The number of fused-ring (bicyclic) bond motifs is 3. The predicted molar refractivity (Wildman–Crippen MR) is 267 cm³/mol. The van der Waals surface area contributed by atoms with Gasteiger partial charge in [0.1, 0.15) is 30.1 Å². The maximum atomic E-state index is 14.4. The Morgan fingerprint density at radius 2 is 1.65 bits per heavy atom. The fourth-order valence-corrected chi connectivity index (χ4v) is 10.8. The molecule has 2 saturated heterocycles. The van der Waals surface area contributed by atoms with Gasteiger partial charge in [0.2, 0.25) is 5.79 Å². The van der Waals surface area contributed by atoms with Gasteiger partial charge in [-0.1, -0.05) is 108 Å². The van der Waals surface area contributed by atoms with Crippen molar-refractivity contribution >= 4 is 29.2 Å². The molecule has 71 heavy (non-hydrogen) atoms. The maximum absolute atomic E-state index is 14.4. The summed E-state index contributed by atoms with van der Waals surface area (Å²) in [6.45, 7) is 14.8. The standard InChI is InChI=1S/C53H83NO12.CH2N4/c1-32-16-11-10-12-17-33(2)42(31-56)28-43-19-15-18-39(8)53(63,66-43)50(60)51(61)54-23-14-13-20-44(54)52(62)65-46(36(5)26-40-22-21-34(3)41(27-40)30-55)29-45(57)35(4)25-38(7)48(59)49(64-9)47(58)37(6)24-32;1-2-4-5-3-1/h10-12,16-17,25,32,34-37,39-44,46,48-49,55-56,59,63H,13-15,18-24,26-31H2,1-9H3;1H,(H,2,3,4,5)/b12-10+,16-11+,33-17+,38-25+;/t32-,34+,35-,36-,37+,39-,40+,41+,42-,43+,44+,46+,48-,49+,53-;/m1./s1. The minimum absolute atomic E-state index is 0.00919. The molecule has 4 heterocycles. The van der Waals surface area contributed by atoms with Crippen molar-refractivity contribution in [2.24, 2.45) is 53.3 Å². The van der Waals surface area contributed by atoms with Gasteiger partial charge in [-0.05, 0) is 107 Å². The molecule has 15 atom stereocenters. The lowest BCUT2D eigenvalue weighted by Crippen LogP contribution is -2.59. The second kappa shape index (κ2) is 28.8. The van der Waals surface area contributed by atoms with Crippen molar-refractivity contribution in [1.82, 2.24) is 25.5 Å². The van der Waals surface area contributed by atoms with Crippen LogP contribution in [0.5, 0.6) is 0 Å². The fraction of sp³-hybridized carbons (Fsp3) is 0.741. The smallest absolute Gasteiger partial charge is 0.329 e. The number of carbonyl (C=O) groups excluding carboxylic acids is 5. The highest BCUT2D eigenvalue weighted by molar-refractivity contribution is 6.39. The molecule has 1 aromatic rings. The van der Waals surface area contributed by atoms with Crippen molar-refractivity contribution in [3.05, 3.63) is 53.9 Å². The average molecular weight is 996 g/mol. The van der Waals surface area contributed by atoms with Crippen LogP contribution in [-0.2, 0) is 38.2 Å². The Kier molecular flexibility index (Phi) is 24.1. The van der Waals surface area contributed by atoms with E-state index in [-0.39, 0.29) is 73.8 Å². The summed E-state index contributed by atoms with van der Waals surface area (Å²) in [5.74, 6) is -7.64. The molecule has 3 fully saturated rings. The Balaban J connectivity index is 0.00000205. The molecule has 1 saturated carbocycles. The molecule has 3 aliphatic heterocycles. The molecule has 0 spiro atoms. The van der Waals surface area contributed by atoms with Crippen LogP contribution in [0.25, 0.3) is 0 Å². The van der Waals surface area contributed by atoms with Crippen molar-refractivity contribution in [2.45, 2.75) is 175 Å². The van der Waals surface area contributed by atoms with E-state index in [4.69, 9.17) is 14.2 Å². The third kappa shape index (κ3) is 16.9. The number of tetrazole rings is 1. The maximum Gasteiger partial charge on any atom is 0.329 e. The number of piperidine rings is 1. The minimum atomic E-state index is -2.46. The highest BCUT2D eigenvalue weighted by Gasteiger charge is 2.52. The summed E-state index contributed by atoms with van der Waals surface area (Å²) in [4.78, 5) is 72.2.